The normalized spacial score (nSPS) is 11.4. The van der Waals surface area contributed by atoms with Gasteiger partial charge in [0.25, 0.3) is 5.91 Å². The van der Waals surface area contributed by atoms with Crippen LogP contribution in [0.1, 0.15) is 24.2 Å². The summed E-state index contributed by atoms with van der Waals surface area (Å²) in [4.78, 5) is 12.6. The van der Waals surface area contributed by atoms with Crippen LogP contribution in [0.4, 0.5) is 6.01 Å². The number of carbonyl (C=O) groups excluding carboxylic acids is 1. The van der Waals surface area contributed by atoms with Gasteiger partial charge in [0.2, 0.25) is 5.89 Å². The first-order valence-electron chi connectivity index (χ1n) is 8.97. The summed E-state index contributed by atoms with van der Waals surface area (Å²) < 4.78 is 40.6. The number of anilines is 1. The number of rotatable bonds is 7. The van der Waals surface area contributed by atoms with Gasteiger partial charge >= 0.3 is 6.01 Å². The molecule has 0 spiro atoms. The van der Waals surface area contributed by atoms with Gasteiger partial charge in [-0.3, -0.25) is 10.1 Å². The molecule has 3 aromatic rings. The largest absolute Gasteiger partial charge is 0.497 e. The number of ether oxygens (including phenoxy) is 2. The Bertz CT molecular complexity index is 1150. The third-order valence-corrected chi connectivity index (χ3v) is 6.44. The van der Waals surface area contributed by atoms with Gasteiger partial charge in [-0.25, -0.2) is 8.42 Å². The van der Waals surface area contributed by atoms with Crippen molar-refractivity contribution in [2.45, 2.75) is 24.0 Å². The summed E-state index contributed by atoms with van der Waals surface area (Å²) in [5.41, 5.74) is 0.698. The number of nitrogens with one attached hydrogen (secondary N) is 1. The molecule has 0 aliphatic carbocycles. The van der Waals surface area contributed by atoms with E-state index in [0.29, 0.717) is 17.1 Å². The van der Waals surface area contributed by atoms with Crippen molar-refractivity contribution in [2.24, 2.45) is 0 Å². The summed E-state index contributed by atoms with van der Waals surface area (Å²) in [6.07, 6.45) is 0. The van der Waals surface area contributed by atoms with Crippen LogP contribution in [0, 0.1) is 0 Å². The molecule has 0 bridgehead atoms. The van der Waals surface area contributed by atoms with E-state index in [-0.39, 0.29) is 22.4 Å². The SMILES string of the molecule is COc1cc(OC)cc(-c2nnc(NC(=O)c3cccc(S(=O)(=O)C(C)C)c3)o2)c1. The van der Waals surface area contributed by atoms with E-state index >= 15 is 0 Å². The number of aromatic nitrogens is 2. The van der Waals surface area contributed by atoms with Crippen molar-refractivity contribution in [1.29, 1.82) is 0 Å². The number of amides is 1. The van der Waals surface area contributed by atoms with Crippen molar-refractivity contribution in [2.75, 3.05) is 19.5 Å². The van der Waals surface area contributed by atoms with Gasteiger partial charge in [-0.2, -0.15) is 0 Å². The molecule has 0 unspecified atom stereocenters. The molecule has 10 heteroatoms. The van der Waals surface area contributed by atoms with Crippen molar-refractivity contribution in [3.05, 3.63) is 48.0 Å². The maximum Gasteiger partial charge on any atom is 0.322 e. The fraction of sp³-hybridized carbons (Fsp3) is 0.250. The summed E-state index contributed by atoms with van der Waals surface area (Å²) in [5.74, 6) is 0.653. The lowest BCUT2D eigenvalue weighted by Crippen LogP contribution is -2.16. The molecule has 0 aliphatic rings. The molecule has 0 radical (unpaired) electrons. The van der Waals surface area contributed by atoms with Crippen LogP contribution < -0.4 is 14.8 Å². The van der Waals surface area contributed by atoms with Crippen LogP contribution in [0.3, 0.4) is 0 Å². The van der Waals surface area contributed by atoms with Gasteiger partial charge in [0.15, 0.2) is 9.84 Å². The van der Waals surface area contributed by atoms with Crippen molar-refractivity contribution >= 4 is 21.8 Å². The second-order valence-corrected chi connectivity index (χ2v) is 9.09. The molecule has 1 heterocycles. The highest BCUT2D eigenvalue weighted by molar-refractivity contribution is 7.92. The van der Waals surface area contributed by atoms with Crippen molar-refractivity contribution in [3.8, 4) is 23.0 Å². The zero-order valence-electron chi connectivity index (χ0n) is 16.9. The number of sulfone groups is 1. The number of nitrogens with zero attached hydrogens (tertiary/aromatic N) is 2. The van der Waals surface area contributed by atoms with Gasteiger partial charge in [-0.1, -0.05) is 11.2 Å². The fourth-order valence-corrected chi connectivity index (χ4v) is 3.68. The Balaban J connectivity index is 1.83. The lowest BCUT2D eigenvalue weighted by molar-refractivity contribution is 0.102. The van der Waals surface area contributed by atoms with Crippen molar-refractivity contribution < 1.29 is 27.1 Å². The molecule has 1 amide bonds. The highest BCUT2D eigenvalue weighted by Crippen LogP contribution is 2.29. The second-order valence-electron chi connectivity index (χ2n) is 6.59. The van der Waals surface area contributed by atoms with Gasteiger partial charge in [0.1, 0.15) is 11.5 Å². The van der Waals surface area contributed by atoms with Gasteiger partial charge in [-0.05, 0) is 44.2 Å². The summed E-state index contributed by atoms with van der Waals surface area (Å²) >= 11 is 0. The van der Waals surface area contributed by atoms with Crippen molar-refractivity contribution in [1.82, 2.24) is 10.2 Å². The van der Waals surface area contributed by atoms with Crippen LogP contribution in [-0.2, 0) is 9.84 Å². The summed E-state index contributed by atoms with van der Waals surface area (Å²) in [6.45, 7) is 3.16. The molecule has 158 valence electrons. The quantitative estimate of drug-likeness (QED) is 0.605. The Morgan fingerprint density at radius 1 is 1.03 bits per heavy atom. The predicted molar refractivity (Wildman–Crippen MR) is 110 cm³/mol. The van der Waals surface area contributed by atoms with E-state index in [1.165, 1.54) is 38.5 Å². The van der Waals surface area contributed by atoms with Gasteiger partial charge in [-0.15, -0.1) is 5.10 Å². The minimum Gasteiger partial charge on any atom is -0.497 e. The fourth-order valence-electron chi connectivity index (χ4n) is 2.58. The first-order chi connectivity index (χ1) is 14.2. The Kier molecular flexibility index (Phi) is 6.06. The molecule has 0 aliphatic heterocycles. The predicted octanol–water partition coefficient (Wildman–Crippen LogP) is 3.19. The highest BCUT2D eigenvalue weighted by atomic mass is 32.2. The first-order valence-corrected chi connectivity index (χ1v) is 10.5. The average Bonchev–Trinajstić information content (AvgIpc) is 3.21. The Hall–Kier alpha value is -3.40. The molecular formula is C20H21N3O6S. The van der Waals surface area contributed by atoms with E-state index in [1.54, 1.807) is 32.0 Å². The topological polar surface area (TPSA) is 121 Å². The molecule has 1 aromatic heterocycles. The molecule has 1 N–H and O–H groups in total. The Morgan fingerprint density at radius 2 is 1.70 bits per heavy atom. The third-order valence-electron chi connectivity index (χ3n) is 4.29. The van der Waals surface area contributed by atoms with Crippen LogP contribution in [-0.4, -0.2) is 44.0 Å². The molecular weight excluding hydrogens is 410 g/mol. The minimum absolute atomic E-state index is 0.0693. The van der Waals surface area contributed by atoms with Gasteiger partial charge in [0, 0.05) is 17.2 Å². The lowest BCUT2D eigenvalue weighted by Gasteiger charge is -2.09. The zero-order chi connectivity index (χ0) is 21.9. The van der Waals surface area contributed by atoms with E-state index in [0.717, 1.165) is 0 Å². The second kappa shape index (κ2) is 8.54. The van der Waals surface area contributed by atoms with Crippen molar-refractivity contribution in [3.63, 3.8) is 0 Å². The molecule has 30 heavy (non-hydrogen) atoms. The molecule has 0 atom stereocenters. The van der Waals surface area contributed by atoms with Crippen LogP contribution in [0.5, 0.6) is 11.5 Å². The number of hydrogen-bond donors (Lipinski definition) is 1. The van der Waals surface area contributed by atoms with Crippen LogP contribution in [0.2, 0.25) is 0 Å². The zero-order valence-corrected chi connectivity index (χ0v) is 17.7. The number of carbonyl (C=O) groups is 1. The Morgan fingerprint density at radius 3 is 2.30 bits per heavy atom. The molecule has 0 saturated heterocycles. The number of hydrogen-bond acceptors (Lipinski definition) is 8. The highest BCUT2D eigenvalue weighted by Gasteiger charge is 2.21. The van der Waals surface area contributed by atoms with Crippen LogP contribution in [0.25, 0.3) is 11.5 Å². The van der Waals surface area contributed by atoms with Gasteiger partial charge < -0.3 is 13.9 Å². The van der Waals surface area contributed by atoms with Gasteiger partial charge in [0.05, 0.1) is 24.4 Å². The molecule has 9 nitrogen and oxygen atoms in total. The van der Waals surface area contributed by atoms with E-state index in [9.17, 15) is 13.2 Å². The summed E-state index contributed by atoms with van der Waals surface area (Å²) in [7, 11) is -0.467. The van der Waals surface area contributed by atoms with E-state index in [4.69, 9.17) is 13.9 Å². The van der Waals surface area contributed by atoms with E-state index in [2.05, 4.69) is 15.5 Å². The maximum absolute atomic E-state index is 12.5. The maximum atomic E-state index is 12.5. The van der Waals surface area contributed by atoms with E-state index in [1.807, 2.05) is 0 Å². The molecule has 2 aromatic carbocycles. The lowest BCUT2D eigenvalue weighted by atomic mass is 10.2. The smallest absolute Gasteiger partial charge is 0.322 e. The third kappa shape index (κ3) is 4.43. The van der Waals surface area contributed by atoms with Crippen LogP contribution in [0.15, 0.2) is 51.8 Å². The Labute approximate surface area is 174 Å². The monoisotopic (exact) mass is 431 g/mol. The number of benzene rings is 2. The van der Waals surface area contributed by atoms with E-state index < -0.39 is 21.0 Å². The average molecular weight is 431 g/mol. The molecule has 3 rings (SSSR count). The molecule has 0 saturated carbocycles. The summed E-state index contributed by atoms with van der Waals surface area (Å²) in [6, 6.07) is 10.7. The summed E-state index contributed by atoms with van der Waals surface area (Å²) in [5, 5.41) is 9.62. The first kappa shape index (κ1) is 21.3. The standard InChI is InChI=1S/C20H21N3O6S/c1-12(2)30(25,26)17-7-5-6-13(10-17)18(24)21-20-23-22-19(29-20)14-8-15(27-3)11-16(9-14)28-4/h5-12H,1-4H3,(H,21,23,24). The minimum atomic E-state index is -3.51. The number of methoxy groups -OCH3 is 2. The molecule has 0 fully saturated rings. The van der Waals surface area contributed by atoms with Crippen LogP contribution >= 0.6 is 0 Å².